The van der Waals surface area contributed by atoms with Crippen molar-refractivity contribution in [2.24, 2.45) is 0 Å². The Hall–Kier alpha value is -3.55. The van der Waals surface area contributed by atoms with Crippen molar-refractivity contribution in [3.63, 3.8) is 0 Å². The molecule has 0 aliphatic carbocycles. The SMILES string of the molecule is Cc1cc([N+](=O)[O-])nn1Cc1ccccc1C(=O)Nc1ccccc1F. The molecule has 2 aromatic carbocycles. The van der Waals surface area contributed by atoms with E-state index in [1.54, 1.807) is 37.3 Å². The fourth-order valence-corrected chi connectivity index (χ4v) is 2.54. The lowest BCUT2D eigenvalue weighted by molar-refractivity contribution is -0.389. The van der Waals surface area contributed by atoms with Gasteiger partial charge in [0.15, 0.2) is 0 Å². The normalized spacial score (nSPS) is 10.5. The number of carbonyl (C=O) groups excluding carboxylic acids is 1. The number of aryl methyl sites for hydroxylation is 1. The summed E-state index contributed by atoms with van der Waals surface area (Å²) in [6.45, 7) is 1.88. The van der Waals surface area contributed by atoms with Gasteiger partial charge in [-0.25, -0.2) is 4.39 Å². The minimum absolute atomic E-state index is 0.0817. The van der Waals surface area contributed by atoms with E-state index in [1.807, 2.05) is 0 Å². The molecule has 0 aliphatic rings. The van der Waals surface area contributed by atoms with Crippen LogP contribution in [0.3, 0.4) is 0 Å². The summed E-state index contributed by atoms with van der Waals surface area (Å²) in [4.78, 5) is 22.9. The fourth-order valence-electron chi connectivity index (χ4n) is 2.54. The zero-order valence-electron chi connectivity index (χ0n) is 13.8. The first-order chi connectivity index (χ1) is 12.5. The number of para-hydroxylation sites is 1. The summed E-state index contributed by atoms with van der Waals surface area (Å²) in [6.07, 6.45) is 0. The average Bonchev–Trinajstić information content (AvgIpc) is 2.98. The van der Waals surface area contributed by atoms with Crippen LogP contribution in [-0.2, 0) is 6.54 Å². The van der Waals surface area contributed by atoms with Crippen LogP contribution >= 0.6 is 0 Å². The second-order valence-electron chi connectivity index (χ2n) is 5.65. The molecule has 0 spiro atoms. The maximum atomic E-state index is 13.8. The van der Waals surface area contributed by atoms with E-state index in [0.717, 1.165) is 0 Å². The average molecular weight is 354 g/mol. The van der Waals surface area contributed by atoms with E-state index >= 15 is 0 Å². The third-order valence-electron chi connectivity index (χ3n) is 3.86. The molecule has 3 aromatic rings. The van der Waals surface area contributed by atoms with Gasteiger partial charge in [0.2, 0.25) is 0 Å². The highest BCUT2D eigenvalue weighted by atomic mass is 19.1. The smallest absolute Gasteiger partial charge is 0.358 e. The molecule has 26 heavy (non-hydrogen) atoms. The van der Waals surface area contributed by atoms with Gasteiger partial charge in [0, 0.05) is 5.56 Å². The predicted molar refractivity (Wildman–Crippen MR) is 93.5 cm³/mol. The molecule has 0 saturated carbocycles. The minimum atomic E-state index is -0.569. The van der Waals surface area contributed by atoms with Crippen LogP contribution < -0.4 is 5.32 Å². The molecule has 0 atom stereocenters. The standard InChI is InChI=1S/C18H15FN4O3/c1-12-10-17(23(25)26)21-22(12)11-13-6-2-3-7-14(13)18(24)20-16-9-5-4-8-15(16)19/h2-10H,11H2,1H3,(H,20,24). The number of nitro groups is 1. The van der Waals surface area contributed by atoms with Crippen LogP contribution in [0.25, 0.3) is 0 Å². The third-order valence-corrected chi connectivity index (χ3v) is 3.86. The Morgan fingerprint density at radius 1 is 1.23 bits per heavy atom. The van der Waals surface area contributed by atoms with E-state index in [1.165, 1.54) is 28.9 Å². The summed E-state index contributed by atoms with van der Waals surface area (Å²) in [6, 6.07) is 14.0. The molecule has 0 fully saturated rings. The largest absolute Gasteiger partial charge is 0.390 e. The first-order valence-corrected chi connectivity index (χ1v) is 7.78. The molecular formula is C18H15FN4O3. The third kappa shape index (κ3) is 3.59. The summed E-state index contributed by atoms with van der Waals surface area (Å²) in [7, 11) is 0. The van der Waals surface area contributed by atoms with Crippen LogP contribution in [0.1, 0.15) is 21.6 Å². The first kappa shape index (κ1) is 17.3. The van der Waals surface area contributed by atoms with E-state index in [2.05, 4.69) is 10.4 Å². The van der Waals surface area contributed by atoms with Crippen LogP contribution in [0.5, 0.6) is 0 Å². The maximum absolute atomic E-state index is 13.8. The van der Waals surface area contributed by atoms with E-state index in [0.29, 0.717) is 16.8 Å². The van der Waals surface area contributed by atoms with Crippen molar-refractivity contribution in [1.82, 2.24) is 9.78 Å². The summed E-state index contributed by atoms with van der Waals surface area (Å²) < 4.78 is 15.2. The fraction of sp³-hybridized carbons (Fsp3) is 0.111. The molecule has 7 nitrogen and oxygen atoms in total. The highest BCUT2D eigenvalue weighted by Crippen LogP contribution is 2.18. The predicted octanol–water partition coefficient (Wildman–Crippen LogP) is 3.54. The van der Waals surface area contributed by atoms with Gasteiger partial charge in [-0.1, -0.05) is 30.3 Å². The van der Waals surface area contributed by atoms with E-state index in [9.17, 15) is 19.3 Å². The van der Waals surface area contributed by atoms with Gasteiger partial charge in [-0.2, -0.15) is 4.68 Å². The number of halogens is 1. The van der Waals surface area contributed by atoms with Crippen LogP contribution in [0.2, 0.25) is 0 Å². The van der Waals surface area contributed by atoms with Gasteiger partial charge < -0.3 is 15.4 Å². The number of nitrogens with one attached hydrogen (secondary N) is 1. The van der Waals surface area contributed by atoms with E-state index < -0.39 is 16.6 Å². The van der Waals surface area contributed by atoms with Gasteiger partial charge in [-0.05, 0) is 35.6 Å². The van der Waals surface area contributed by atoms with Gasteiger partial charge in [-0.3, -0.25) is 4.79 Å². The molecule has 0 bridgehead atoms. The van der Waals surface area contributed by atoms with Crippen molar-refractivity contribution in [1.29, 1.82) is 0 Å². The highest BCUT2D eigenvalue weighted by Gasteiger charge is 2.18. The monoisotopic (exact) mass is 354 g/mol. The number of benzene rings is 2. The van der Waals surface area contributed by atoms with Gasteiger partial charge in [0.25, 0.3) is 5.91 Å². The van der Waals surface area contributed by atoms with Gasteiger partial charge in [0.1, 0.15) is 5.82 Å². The number of anilines is 1. The van der Waals surface area contributed by atoms with Crippen LogP contribution in [0, 0.1) is 22.9 Å². The van der Waals surface area contributed by atoms with Gasteiger partial charge in [0.05, 0.1) is 29.1 Å². The number of hydrogen-bond acceptors (Lipinski definition) is 4. The summed E-state index contributed by atoms with van der Waals surface area (Å²) in [5, 5.41) is 17.3. The number of nitrogens with zero attached hydrogens (tertiary/aromatic N) is 3. The van der Waals surface area contributed by atoms with E-state index in [4.69, 9.17) is 0 Å². The van der Waals surface area contributed by atoms with Gasteiger partial charge in [-0.15, -0.1) is 0 Å². The molecule has 0 unspecified atom stereocenters. The molecular weight excluding hydrogens is 339 g/mol. The summed E-state index contributed by atoms with van der Waals surface area (Å²) in [5.74, 6) is -1.25. The Balaban J connectivity index is 1.88. The maximum Gasteiger partial charge on any atom is 0.390 e. The molecule has 8 heteroatoms. The molecule has 1 amide bonds. The quantitative estimate of drug-likeness (QED) is 0.560. The number of aromatic nitrogens is 2. The van der Waals surface area contributed by atoms with Crippen LogP contribution in [0.15, 0.2) is 54.6 Å². The zero-order valence-corrected chi connectivity index (χ0v) is 13.8. The second kappa shape index (κ2) is 7.14. The number of rotatable bonds is 5. The number of amides is 1. The Labute approximate surface area is 148 Å². The minimum Gasteiger partial charge on any atom is -0.358 e. The van der Waals surface area contributed by atoms with E-state index in [-0.39, 0.29) is 18.1 Å². The van der Waals surface area contributed by atoms with Gasteiger partial charge >= 0.3 is 5.82 Å². The Bertz CT molecular complexity index is 984. The van der Waals surface area contributed by atoms with Crippen molar-refractivity contribution in [2.45, 2.75) is 13.5 Å². The molecule has 0 radical (unpaired) electrons. The molecule has 3 rings (SSSR count). The molecule has 0 aliphatic heterocycles. The summed E-state index contributed by atoms with van der Waals surface area (Å²) in [5.41, 5.74) is 1.63. The van der Waals surface area contributed by atoms with Crippen molar-refractivity contribution >= 4 is 17.4 Å². The molecule has 0 saturated heterocycles. The second-order valence-corrected chi connectivity index (χ2v) is 5.65. The summed E-state index contributed by atoms with van der Waals surface area (Å²) >= 11 is 0. The lowest BCUT2D eigenvalue weighted by atomic mass is 10.1. The van der Waals surface area contributed by atoms with Crippen molar-refractivity contribution in [3.8, 4) is 0 Å². The topological polar surface area (TPSA) is 90.1 Å². The number of carbonyl (C=O) groups is 1. The Morgan fingerprint density at radius 2 is 1.92 bits per heavy atom. The molecule has 1 heterocycles. The van der Waals surface area contributed by atoms with Crippen LogP contribution in [-0.4, -0.2) is 20.6 Å². The zero-order chi connectivity index (χ0) is 18.7. The van der Waals surface area contributed by atoms with Crippen molar-refractivity contribution < 1.29 is 14.1 Å². The molecule has 1 aromatic heterocycles. The van der Waals surface area contributed by atoms with Crippen LogP contribution in [0.4, 0.5) is 15.9 Å². The Kier molecular flexibility index (Phi) is 4.74. The first-order valence-electron chi connectivity index (χ1n) is 7.78. The Morgan fingerprint density at radius 3 is 2.62 bits per heavy atom. The number of hydrogen-bond donors (Lipinski definition) is 1. The van der Waals surface area contributed by atoms with Crippen molar-refractivity contribution in [3.05, 3.63) is 87.3 Å². The lowest BCUT2D eigenvalue weighted by Crippen LogP contribution is -2.17. The van der Waals surface area contributed by atoms with Crippen molar-refractivity contribution in [2.75, 3.05) is 5.32 Å². The lowest BCUT2D eigenvalue weighted by Gasteiger charge is -2.10. The molecule has 1 N–H and O–H groups in total. The highest BCUT2D eigenvalue weighted by molar-refractivity contribution is 6.05. The molecule has 132 valence electrons.